The molecule has 1 aliphatic heterocycles. The van der Waals surface area contributed by atoms with Crippen molar-refractivity contribution in [2.75, 3.05) is 10.4 Å². The molecule has 162 valence electrons. The molecule has 0 unspecified atom stereocenters. The second-order valence-electron chi connectivity index (χ2n) is 9.02. The first-order valence-corrected chi connectivity index (χ1v) is 14.3. The van der Waals surface area contributed by atoms with Crippen LogP contribution in [0.4, 0.5) is 11.4 Å². The number of rotatable bonds is 6. The fourth-order valence-corrected chi connectivity index (χ4v) is 4.43. The average molecular weight is 441 g/mol. The first kappa shape index (κ1) is 21.9. The van der Waals surface area contributed by atoms with Crippen LogP contribution in [0.3, 0.4) is 0 Å². The predicted molar refractivity (Wildman–Crippen MR) is 133 cm³/mol. The van der Waals surface area contributed by atoms with Gasteiger partial charge in [0.1, 0.15) is 8.07 Å². The van der Waals surface area contributed by atoms with Gasteiger partial charge in [0.2, 0.25) is 5.60 Å². The molecule has 3 aromatic rings. The highest BCUT2D eigenvalue weighted by atomic mass is 28.3. The monoisotopic (exact) mass is 440 g/mol. The van der Waals surface area contributed by atoms with E-state index in [9.17, 15) is 4.79 Å². The van der Waals surface area contributed by atoms with Gasteiger partial charge in [-0.3, -0.25) is 15.1 Å². The lowest BCUT2D eigenvalue weighted by Crippen LogP contribution is -2.43. The number of nitrogens with zero attached hydrogens (tertiary/aromatic N) is 1. The van der Waals surface area contributed by atoms with E-state index in [1.54, 1.807) is 0 Å². The smallest absolute Gasteiger partial charge is 0.268 e. The third kappa shape index (κ3) is 4.62. The van der Waals surface area contributed by atoms with Gasteiger partial charge < -0.3 is 4.90 Å². The van der Waals surface area contributed by atoms with Crippen molar-refractivity contribution in [3.05, 3.63) is 96.1 Å². The number of hydrogen-bond donors (Lipinski definition) is 1. The average Bonchev–Trinajstić information content (AvgIpc) is 3.01. The molecular formula is C27H28N2O2Si. The summed E-state index contributed by atoms with van der Waals surface area (Å²) >= 11 is 0. The van der Waals surface area contributed by atoms with Crippen LogP contribution < -0.4 is 10.4 Å². The number of nitrogens with one attached hydrogen (secondary N) is 1. The van der Waals surface area contributed by atoms with Gasteiger partial charge in [0.05, 0.1) is 24.3 Å². The summed E-state index contributed by atoms with van der Waals surface area (Å²) < 4.78 is 0. The van der Waals surface area contributed by atoms with E-state index in [1.165, 1.54) is 0 Å². The van der Waals surface area contributed by atoms with Crippen LogP contribution in [-0.2, 0) is 21.8 Å². The van der Waals surface area contributed by atoms with E-state index in [4.69, 9.17) is 4.84 Å². The summed E-state index contributed by atoms with van der Waals surface area (Å²) in [6, 6.07) is 27.5. The standard InChI is InChI=1S/C27H28N2O2Si/c1-32(2,3)20-12-19-27(31-28-23-15-8-5-9-16-23)24-17-10-11-18-25(24)29(26(27)30)21-22-13-6-4-7-14-22/h4-11,13-18,28H,19,21H2,1-3H3/t27-/m1/s1. The normalized spacial score (nSPS) is 17.5. The summed E-state index contributed by atoms with van der Waals surface area (Å²) in [5.74, 6) is 3.20. The van der Waals surface area contributed by atoms with E-state index in [2.05, 4.69) is 36.6 Å². The summed E-state index contributed by atoms with van der Waals surface area (Å²) in [7, 11) is -1.60. The highest BCUT2D eigenvalue weighted by molar-refractivity contribution is 6.83. The molecule has 0 aromatic heterocycles. The van der Waals surface area contributed by atoms with Gasteiger partial charge in [-0.05, 0) is 23.8 Å². The zero-order chi connectivity index (χ0) is 22.6. The van der Waals surface area contributed by atoms with Crippen molar-refractivity contribution in [2.24, 2.45) is 0 Å². The van der Waals surface area contributed by atoms with Crippen LogP contribution in [0.15, 0.2) is 84.9 Å². The Kier molecular flexibility index (Phi) is 6.18. The SMILES string of the molecule is C[Si](C)(C)C#CC[C@]1(ONc2ccccc2)C(=O)N(Cc2ccccc2)c2ccccc21. The van der Waals surface area contributed by atoms with Gasteiger partial charge in [0.15, 0.2) is 0 Å². The van der Waals surface area contributed by atoms with Crippen molar-refractivity contribution in [2.45, 2.75) is 38.2 Å². The summed E-state index contributed by atoms with van der Waals surface area (Å²) in [6.45, 7) is 7.07. The molecule has 32 heavy (non-hydrogen) atoms. The Morgan fingerprint density at radius 3 is 2.22 bits per heavy atom. The number of anilines is 2. The molecule has 1 aliphatic rings. The van der Waals surface area contributed by atoms with E-state index in [0.717, 1.165) is 22.5 Å². The fraction of sp³-hybridized carbons (Fsp3) is 0.222. The molecule has 0 saturated heterocycles. The molecule has 1 N–H and O–H groups in total. The maximum absolute atomic E-state index is 14.0. The topological polar surface area (TPSA) is 41.6 Å². The molecular weight excluding hydrogens is 412 g/mol. The van der Waals surface area contributed by atoms with Crippen LogP contribution in [0.2, 0.25) is 19.6 Å². The number of hydrogen-bond acceptors (Lipinski definition) is 3. The molecule has 4 nitrogen and oxygen atoms in total. The van der Waals surface area contributed by atoms with Crippen LogP contribution in [0.25, 0.3) is 0 Å². The Bertz CT molecular complexity index is 1150. The van der Waals surface area contributed by atoms with Gasteiger partial charge in [-0.1, -0.05) is 86.4 Å². The molecule has 0 fully saturated rings. The first-order valence-electron chi connectivity index (χ1n) is 10.8. The van der Waals surface area contributed by atoms with Gasteiger partial charge in [-0.15, -0.1) is 11.5 Å². The van der Waals surface area contributed by atoms with E-state index in [1.807, 2.05) is 89.8 Å². The number of amides is 1. The number of fused-ring (bicyclic) bond motifs is 1. The van der Waals surface area contributed by atoms with Gasteiger partial charge in [-0.25, -0.2) is 0 Å². The summed E-state index contributed by atoms with van der Waals surface area (Å²) in [6.07, 6.45) is 0.290. The molecule has 1 amide bonds. The van der Waals surface area contributed by atoms with Crippen molar-refractivity contribution in [1.82, 2.24) is 0 Å². The van der Waals surface area contributed by atoms with Crippen molar-refractivity contribution in [3.63, 3.8) is 0 Å². The molecule has 1 heterocycles. The van der Waals surface area contributed by atoms with Gasteiger partial charge in [-0.2, -0.15) is 0 Å². The van der Waals surface area contributed by atoms with E-state index >= 15 is 0 Å². The zero-order valence-corrected chi connectivity index (χ0v) is 19.8. The minimum absolute atomic E-state index is 0.101. The second-order valence-corrected chi connectivity index (χ2v) is 13.8. The quantitative estimate of drug-likeness (QED) is 0.302. The Hall–Kier alpha value is -3.33. The third-order valence-electron chi connectivity index (χ3n) is 5.32. The maximum Gasteiger partial charge on any atom is 0.268 e. The van der Waals surface area contributed by atoms with Crippen LogP contribution in [0.5, 0.6) is 0 Å². The Morgan fingerprint density at radius 1 is 0.906 bits per heavy atom. The van der Waals surface area contributed by atoms with Crippen molar-refractivity contribution in [1.29, 1.82) is 0 Å². The number of carbonyl (C=O) groups is 1. The third-order valence-corrected chi connectivity index (χ3v) is 6.25. The van der Waals surface area contributed by atoms with Gasteiger partial charge in [0, 0.05) is 5.56 Å². The van der Waals surface area contributed by atoms with Crippen LogP contribution >= 0.6 is 0 Å². The van der Waals surface area contributed by atoms with E-state index < -0.39 is 13.7 Å². The van der Waals surface area contributed by atoms with Crippen LogP contribution in [0.1, 0.15) is 17.5 Å². The van der Waals surface area contributed by atoms with Gasteiger partial charge >= 0.3 is 0 Å². The van der Waals surface area contributed by atoms with Crippen LogP contribution in [-0.4, -0.2) is 14.0 Å². The zero-order valence-electron chi connectivity index (χ0n) is 18.8. The Labute approximate surface area is 191 Å². The number of para-hydroxylation sites is 2. The molecule has 3 aromatic carbocycles. The lowest BCUT2D eigenvalue weighted by molar-refractivity contribution is -0.139. The molecule has 0 saturated carbocycles. The minimum Gasteiger partial charge on any atom is -0.305 e. The molecule has 0 spiro atoms. The lowest BCUT2D eigenvalue weighted by Gasteiger charge is -2.27. The second kappa shape index (κ2) is 9.03. The van der Waals surface area contributed by atoms with E-state index in [0.29, 0.717) is 6.54 Å². The lowest BCUT2D eigenvalue weighted by atomic mass is 9.92. The molecule has 4 rings (SSSR count). The molecule has 1 atom stereocenters. The summed E-state index contributed by atoms with van der Waals surface area (Å²) in [4.78, 5) is 22.1. The van der Waals surface area contributed by atoms with Crippen molar-refractivity contribution >= 4 is 25.4 Å². The maximum atomic E-state index is 14.0. The minimum atomic E-state index is -1.60. The summed E-state index contributed by atoms with van der Waals surface area (Å²) in [5.41, 5.74) is 8.77. The Morgan fingerprint density at radius 2 is 1.53 bits per heavy atom. The van der Waals surface area contributed by atoms with E-state index in [-0.39, 0.29) is 12.3 Å². The van der Waals surface area contributed by atoms with Crippen LogP contribution in [0, 0.1) is 11.5 Å². The first-order chi connectivity index (χ1) is 15.4. The van der Waals surface area contributed by atoms with Crippen molar-refractivity contribution in [3.8, 4) is 11.5 Å². The Balaban J connectivity index is 1.74. The summed E-state index contributed by atoms with van der Waals surface area (Å²) in [5, 5.41) is 0. The van der Waals surface area contributed by atoms with Crippen molar-refractivity contribution < 1.29 is 9.63 Å². The highest BCUT2D eigenvalue weighted by Crippen LogP contribution is 2.45. The molecule has 0 aliphatic carbocycles. The highest BCUT2D eigenvalue weighted by Gasteiger charge is 2.52. The fourth-order valence-electron chi connectivity index (χ4n) is 3.81. The van der Waals surface area contributed by atoms with Gasteiger partial charge in [0.25, 0.3) is 5.91 Å². The number of benzene rings is 3. The largest absolute Gasteiger partial charge is 0.305 e. The predicted octanol–water partition coefficient (Wildman–Crippen LogP) is 5.74. The molecule has 5 heteroatoms. The molecule has 0 bridgehead atoms. The number of carbonyl (C=O) groups excluding carboxylic acids is 1. The molecule has 0 radical (unpaired) electrons.